The van der Waals surface area contributed by atoms with Crippen LogP contribution in [0.15, 0.2) is 28.7 Å². The molecule has 1 aromatic heterocycles. The number of hydrogen-bond acceptors (Lipinski definition) is 5. The Morgan fingerprint density at radius 1 is 1.28 bits per heavy atom. The monoisotopic (exact) mass is 340 g/mol. The molecular weight excluding hydrogens is 320 g/mol. The molecule has 1 N–H and O–H groups in total. The summed E-state index contributed by atoms with van der Waals surface area (Å²) >= 11 is 0. The number of hydrogen-bond donors (Lipinski definition) is 1. The lowest BCUT2D eigenvalue weighted by atomic mass is 10.1. The van der Waals surface area contributed by atoms with E-state index in [4.69, 9.17) is 9.15 Å². The van der Waals surface area contributed by atoms with Crippen LogP contribution in [-0.2, 0) is 11.2 Å². The molecular formula is C19H20N2O4. The molecule has 1 heterocycles. The topological polar surface area (TPSA) is 92.3 Å². The molecule has 0 aliphatic carbocycles. The number of benzene rings is 1. The van der Waals surface area contributed by atoms with E-state index in [2.05, 4.69) is 12.2 Å². The van der Waals surface area contributed by atoms with Crippen LogP contribution < -0.4 is 10.1 Å². The van der Waals surface area contributed by atoms with Gasteiger partial charge in [-0.25, -0.2) is 0 Å². The van der Waals surface area contributed by atoms with E-state index in [-0.39, 0.29) is 29.4 Å². The largest absolute Gasteiger partial charge is 0.484 e. The number of ether oxygens (including phenoxy) is 1. The average molecular weight is 340 g/mol. The van der Waals surface area contributed by atoms with Crippen LogP contribution in [-0.4, -0.2) is 18.3 Å². The summed E-state index contributed by atoms with van der Waals surface area (Å²) < 4.78 is 10.8. The lowest BCUT2D eigenvalue weighted by Gasteiger charge is -2.07. The van der Waals surface area contributed by atoms with Crippen molar-refractivity contribution >= 4 is 17.6 Å². The first-order valence-electron chi connectivity index (χ1n) is 8.02. The van der Waals surface area contributed by atoms with Crippen molar-refractivity contribution in [2.24, 2.45) is 0 Å². The van der Waals surface area contributed by atoms with Gasteiger partial charge in [-0.15, -0.1) is 0 Å². The molecule has 1 aromatic carbocycles. The smallest absolute Gasteiger partial charge is 0.264 e. The molecule has 6 nitrogen and oxygen atoms in total. The molecule has 0 aliphatic rings. The van der Waals surface area contributed by atoms with E-state index in [0.29, 0.717) is 11.5 Å². The van der Waals surface area contributed by atoms with E-state index in [1.165, 1.54) is 12.5 Å². The zero-order valence-corrected chi connectivity index (χ0v) is 14.5. The molecule has 0 aliphatic heterocycles. The third-order valence-electron chi connectivity index (χ3n) is 3.63. The maximum Gasteiger partial charge on any atom is 0.264 e. The van der Waals surface area contributed by atoms with Crippen molar-refractivity contribution in [2.75, 3.05) is 11.9 Å². The van der Waals surface area contributed by atoms with Crippen LogP contribution in [0, 0.1) is 18.3 Å². The van der Waals surface area contributed by atoms with Crippen molar-refractivity contribution in [3.05, 3.63) is 46.7 Å². The number of ketones is 1. The summed E-state index contributed by atoms with van der Waals surface area (Å²) in [6.45, 7) is 4.79. The number of carbonyl (C=O) groups is 2. The van der Waals surface area contributed by atoms with E-state index >= 15 is 0 Å². The summed E-state index contributed by atoms with van der Waals surface area (Å²) in [7, 11) is 0. The van der Waals surface area contributed by atoms with Crippen LogP contribution in [0.4, 0.5) is 5.88 Å². The SMILES string of the molecule is CCCc1ccc(OCC(=O)Nc2oc(C)c(C(C)=O)c2C#N)cc1. The van der Waals surface area contributed by atoms with E-state index in [0.717, 1.165) is 12.8 Å². The third kappa shape index (κ3) is 4.48. The van der Waals surface area contributed by atoms with Crippen molar-refractivity contribution in [1.29, 1.82) is 5.26 Å². The molecule has 0 bridgehead atoms. The molecule has 0 saturated carbocycles. The van der Waals surface area contributed by atoms with Gasteiger partial charge in [-0.05, 0) is 38.0 Å². The number of Topliss-reactive ketones (excluding diaryl/α,β-unsaturated/α-hetero) is 1. The van der Waals surface area contributed by atoms with Gasteiger partial charge in [0.15, 0.2) is 12.4 Å². The Morgan fingerprint density at radius 2 is 1.96 bits per heavy atom. The van der Waals surface area contributed by atoms with Gasteiger partial charge in [0.1, 0.15) is 23.1 Å². The summed E-state index contributed by atoms with van der Waals surface area (Å²) in [4.78, 5) is 23.6. The summed E-state index contributed by atoms with van der Waals surface area (Å²) in [5, 5.41) is 11.7. The summed E-state index contributed by atoms with van der Waals surface area (Å²) in [6, 6.07) is 9.43. The van der Waals surface area contributed by atoms with Crippen LogP contribution in [0.3, 0.4) is 0 Å². The number of amides is 1. The Hall–Kier alpha value is -3.07. The number of nitrogens with zero attached hydrogens (tertiary/aromatic N) is 1. The average Bonchev–Trinajstić information content (AvgIpc) is 2.89. The summed E-state index contributed by atoms with van der Waals surface area (Å²) in [6.07, 6.45) is 2.06. The van der Waals surface area contributed by atoms with E-state index < -0.39 is 5.91 Å². The van der Waals surface area contributed by atoms with Crippen molar-refractivity contribution in [3.63, 3.8) is 0 Å². The highest BCUT2D eigenvalue weighted by molar-refractivity contribution is 6.01. The van der Waals surface area contributed by atoms with Gasteiger partial charge in [-0.3, -0.25) is 14.9 Å². The maximum atomic E-state index is 12.0. The zero-order valence-electron chi connectivity index (χ0n) is 14.5. The molecule has 0 fully saturated rings. The minimum atomic E-state index is -0.474. The predicted molar refractivity (Wildman–Crippen MR) is 92.7 cm³/mol. The first-order valence-corrected chi connectivity index (χ1v) is 8.02. The van der Waals surface area contributed by atoms with Crippen LogP contribution >= 0.6 is 0 Å². The molecule has 6 heteroatoms. The zero-order chi connectivity index (χ0) is 18.4. The molecule has 130 valence electrons. The van der Waals surface area contributed by atoms with Crippen molar-refractivity contribution in [3.8, 4) is 11.8 Å². The van der Waals surface area contributed by atoms with Crippen molar-refractivity contribution in [1.82, 2.24) is 0 Å². The van der Waals surface area contributed by atoms with Gasteiger partial charge in [0.05, 0.1) is 5.56 Å². The second-order valence-corrected chi connectivity index (χ2v) is 5.64. The van der Waals surface area contributed by atoms with Gasteiger partial charge >= 0.3 is 0 Å². The predicted octanol–water partition coefficient (Wildman–Crippen LogP) is 3.63. The molecule has 0 atom stereocenters. The highest BCUT2D eigenvalue weighted by atomic mass is 16.5. The fourth-order valence-corrected chi connectivity index (χ4v) is 2.52. The first kappa shape index (κ1) is 18.3. The lowest BCUT2D eigenvalue weighted by molar-refractivity contribution is -0.118. The van der Waals surface area contributed by atoms with Crippen molar-refractivity contribution < 1.29 is 18.7 Å². The standard InChI is InChI=1S/C19H20N2O4/c1-4-5-14-6-8-15(9-7-14)24-11-17(23)21-19-16(10-20)18(12(2)22)13(3)25-19/h6-9H,4-5,11H2,1-3H3,(H,21,23). The highest BCUT2D eigenvalue weighted by Gasteiger charge is 2.22. The van der Waals surface area contributed by atoms with Crippen LogP contribution in [0.25, 0.3) is 0 Å². The molecule has 2 rings (SSSR count). The Labute approximate surface area is 146 Å². The van der Waals surface area contributed by atoms with Gasteiger partial charge < -0.3 is 9.15 Å². The number of furan rings is 1. The Bertz CT molecular complexity index is 813. The molecule has 0 saturated heterocycles. The van der Waals surface area contributed by atoms with Gasteiger partial charge in [0, 0.05) is 0 Å². The van der Waals surface area contributed by atoms with E-state index in [9.17, 15) is 14.9 Å². The Balaban J connectivity index is 2.00. The summed E-state index contributed by atoms with van der Waals surface area (Å²) in [5.74, 6) is 0.0825. The van der Waals surface area contributed by atoms with Crippen LogP contribution in [0.1, 0.15) is 47.5 Å². The first-order chi connectivity index (χ1) is 12.0. The molecule has 1 amide bonds. The van der Waals surface area contributed by atoms with Gasteiger partial charge in [0.25, 0.3) is 5.91 Å². The number of rotatable bonds is 7. The van der Waals surface area contributed by atoms with E-state index in [1.54, 1.807) is 6.92 Å². The second kappa shape index (κ2) is 8.15. The number of nitriles is 1. The van der Waals surface area contributed by atoms with Gasteiger partial charge in [-0.1, -0.05) is 25.5 Å². The normalized spacial score (nSPS) is 10.2. The van der Waals surface area contributed by atoms with Crippen molar-refractivity contribution in [2.45, 2.75) is 33.6 Å². The van der Waals surface area contributed by atoms with Crippen LogP contribution in [0.5, 0.6) is 5.75 Å². The lowest BCUT2D eigenvalue weighted by Crippen LogP contribution is -2.20. The molecule has 0 radical (unpaired) electrons. The quantitative estimate of drug-likeness (QED) is 0.777. The maximum absolute atomic E-state index is 12.0. The minimum absolute atomic E-state index is 0.0299. The summed E-state index contributed by atoms with van der Waals surface area (Å²) in [5.41, 5.74) is 1.42. The second-order valence-electron chi connectivity index (χ2n) is 5.64. The fraction of sp³-hybridized carbons (Fsp3) is 0.316. The third-order valence-corrected chi connectivity index (χ3v) is 3.63. The number of nitrogens with one attached hydrogen (secondary N) is 1. The number of aryl methyl sites for hydroxylation is 2. The fourth-order valence-electron chi connectivity index (χ4n) is 2.52. The van der Waals surface area contributed by atoms with E-state index in [1.807, 2.05) is 30.3 Å². The van der Waals surface area contributed by atoms with Gasteiger partial charge in [0.2, 0.25) is 5.88 Å². The highest BCUT2D eigenvalue weighted by Crippen LogP contribution is 2.26. The minimum Gasteiger partial charge on any atom is -0.484 e. The molecule has 25 heavy (non-hydrogen) atoms. The van der Waals surface area contributed by atoms with Crippen LogP contribution in [0.2, 0.25) is 0 Å². The molecule has 0 unspecified atom stereocenters. The Kier molecular flexibility index (Phi) is 5.96. The number of carbonyl (C=O) groups excluding carboxylic acids is 2. The van der Waals surface area contributed by atoms with Gasteiger partial charge in [-0.2, -0.15) is 5.26 Å². The molecule has 0 spiro atoms. The molecule has 2 aromatic rings. The number of anilines is 1. The Morgan fingerprint density at radius 3 is 2.52 bits per heavy atom.